The van der Waals surface area contributed by atoms with Crippen LogP contribution in [-0.4, -0.2) is 34.4 Å². The lowest BCUT2D eigenvalue weighted by Crippen LogP contribution is -2.35. The summed E-state index contributed by atoms with van der Waals surface area (Å²) in [6.07, 6.45) is 7.09. The minimum Gasteiger partial charge on any atom is -0.391 e. The summed E-state index contributed by atoms with van der Waals surface area (Å²) in [6.45, 7) is 3.08. The van der Waals surface area contributed by atoms with Crippen LogP contribution in [0.4, 0.5) is 5.69 Å². The summed E-state index contributed by atoms with van der Waals surface area (Å²) in [6, 6.07) is 1.85. The SMILES string of the molecule is Cc1cc2c(=O)n(C3CCCC[C@@H]3O)cnc2c2c1CCCN2C. The van der Waals surface area contributed by atoms with Crippen LogP contribution in [0.5, 0.6) is 0 Å². The molecule has 1 aliphatic heterocycles. The number of rotatable bonds is 1. The Morgan fingerprint density at radius 2 is 2.04 bits per heavy atom. The van der Waals surface area contributed by atoms with E-state index < -0.39 is 6.10 Å². The van der Waals surface area contributed by atoms with Gasteiger partial charge in [-0.25, -0.2) is 4.98 Å². The van der Waals surface area contributed by atoms with E-state index in [1.54, 1.807) is 10.9 Å². The summed E-state index contributed by atoms with van der Waals surface area (Å²) >= 11 is 0. The lowest BCUT2D eigenvalue weighted by atomic mass is 9.92. The highest BCUT2D eigenvalue weighted by Gasteiger charge is 2.27. The Bertz CT molecular complexity index is 843. The van der Waals surface area contributed by atoms with Crippen molar-refractivity contribution in [2.75, 3.05) is 18.5 Å². The fourth-order valence-electron chi connectivity index (χ4n) is 4.42. The molecule has 0 bridgehead atoms. The minimum absolute atomic E-state index is 0.0178. The van der Waals surface area contributed by atoms with Gasteiger partial charge in [-0.2, -0.15) is 0 Å². The smallest absolute Gasteiger partial charge is 0.261 e. The number of anilines is 1. The normalized spacial score (nSPS) is 24.2. The fraction of sp³-hybridized carbons (Fsp3) is 0.579. The van der Waals surface area contributed by atoms with E-state index in [-0.39, 0.29) is 11.6 Å². The molecule has 1 aromatic heterocycles. The van der Waals surface area contributed by atoms with Crippen molar-refractivity contribution in [3.05, 3.63) is 33.9 Å². The zero-order valence-corrected chi connectivity index (χ0v) is 14.5. The number of aliphatic hydroxyl groups is 1. The first-order valence-corrected chi connectivity index (χ1v) is 9.00. The maximum Gasteiger partial charge on any atom is 0.261 e. The molecule has 0 radical (unpaired) electrons. The van der Waals surface area contributed by atoms with Gasteiger partial charge in [0.2, 0.25) is 0 Å². The first-order chi connectivity index (χ1) is 11.6. The second-order valence-corrected chi connectivity index (χ2v) is 7.32. The third-order valence-corrected chi connectivity index (χ3v) is 5.73. The van der Waals surface area contributed by atoms with E-state index in [0.29, 0.717) is 5.39 Å². The molecule has 0 spiro atoms. The molecule has 1 saturated carbocycles. The van der Waals surface area contributed by atoms with E-state index in [1.165, 1.54) is 11.1 Å². The van der Waals surface area contributed by atoms with Crippen LogP contribution in [0.1, 0.15) is 49.3 Å². The molecule has 128 valence electrons. The number of fused-ring (bicyclic) bond motifs is 3. The summed E-state index contributed by atoms with van der Waals surface area (Å²) in [5.74, 6) is 0. The average Bonchev–Trinajstić information content (AvgIpc) is 2.57. The van der Waals surface area contributed by atoms with E-state index in [4.69, 9.17) is 0 Å². The molecule has 2 atom stereocenters. The Labute approximate surface area is 141 Å². The van der Waals surface area contributed by atoms with Gasteiger partial charge in [0.25, 0.3) is 5.56 Å². The van der Waals surface area contributed by atoms with Gasteiger partial charge in [0, 0.05) is 13.6 Å². The van der Waals surface area contributed by atoms with Crippen molar-refractivity contribution >= 4 is 16.6 Å². The van der Waals surface area contributed by atoms with E-state index >= 15 is 0 Å². The Hall–Kier alpha value is -1.88. The first-order valence-electron chi connectivity index (χ1n) is 9.00. The maximum atomic E-state index is 13.1. The lowest BCUT2D eigenvalue weighted by molar-refractivity contribution is 0.0735. The molecule has 5 heteroatoms. The van der Waals surface area contributed by atoms with E-state index in [2.05, 4.69) is 23.9 Å². The predicted molar refractivity (Wildman–Crippen MR) is 95.8 cm³/mol. The predicted octanol–water partition coefficient (Wildman–Crippen LogP) is 2.56. The van der Waals surface area contributed by atoms with Crippen LogP contribution in [-0.2, 0) is 6.42 Å². The van der Waals surface area contributed by atoms with Crippen LogP contribution in [0.3, 0.4) is 0 Å². The maximum absolute atomic E-state index is 13.1. The van der Waals surface area contributed by atoms with Gasteiger partial charge < -0.3 is 10.0 Å². The van der Waals surface area contributed by atoms with E-state index in [1.807, 2.05) is 6.07 Å². The summed E-state index contributed by atoms with van der Waals surface area (Å²) < 4.78 is 1.67. The summed E-state index contributed by atoms with van der Waals surface area (Å²) in [5.41, 5.74) is 4.40. The minimum atomic E-state index is -0.447. The fourth-order valence-corrected chi connectivity index (χ4v) is 4.42. The number of hydrogen-bond acceptors (Lipinski definition) is 4. The molecule has 1 unspecified atom stereocenters. The molecule has 1 aliphatic carbocycles. The number of benzene rings is 1. The number of aromatic nitrogens is 2. The third-order valence-electron chi connectivity index (χ3n) is 5.73. The Balaban J connectivity index is 1.92. The van der Waals surface area contributed by atoms with Gasteiger partial charge in [0.05, 0.1) is 29.5 Å². The Kier molecular flexibility index (Phi) is 3.83. The molecule has 4 rings (SSSR count). The third kappa shape index (κ3) is 2.34. The standard InChI is InChI=1S/C19H25N3O2/c1-12-10-14-17(18-13(12)6-5-9-21(18)2)20-11-22(19(14)24)15-7-3-4-8-16(15)23/h10-11,15-16,23H,3-9H2,1-2H3/t15?,16-/m0/s1. The average molecular weight is 327 g/mol. The van der Waals surface area contributed by atoms with Crippen LogP contribution in [0, 0.1) is 6.92 Å². The van der Waals surface area contributed by atoms with Crippen LogP contribution in [0.2, 0.25) is 0 Å². The van der Waals surface area contributed by atoms with Crippen molar-refractivity contribution in [2.24, 2.45) is 0 Å². The van der Waals surface area contributed by atoms with Gasteiger partial charge in [0.1, 0.15) is 5.52 Å². The highest BCUT2D eigenvalue weighted by Crippen LogP contribution is 2.35. The molecule has 2 aromatic rings. The van der Waals surface area contributed by atoms with Crippen molar-refractivity contribution in [2.45, 2.75) is 57.6 Å². The Morgan fingerprint density at radius 3 is 2.83 bits per heavy atom. The van der Waals surface area contributed by atoms with Crippen LogP contribution < -0.4 is 10.5 Å². The second-order valence-electron chi connectivity index (χ2n) is 7.32. The largest absolute Gasteiger partial charge is 0.391 e. The molecule has 0 saturated heterocycles. The second kappa shape index (κ2) is 5.88. The van der Waals surface area contributed by atoms with Gasteiger partial charge in [0.15, 0.2) is 0 Å². The summed E-state index contributed by atoms with van der Waals surface area (Å²) in [5, 5.41) is 11.0. The van der Waals surface area contributed by atoms with Crippen LogP contribution >= 0.6 is 0 Å². The molecule has 0 amide bonds. The zero-order valence-electron chi connectivity index (χ0n) is 14.5. The quantitative estimate of drug-likeness (QED) is 0.874. The van der Waals surface area contributed by atoms with E-state index in [9.17, 15) is 9.90 Å². The van der Waals surface area contributed by atoms with Gasteiger partial charge in [-0.15, -0.1) is 0 Å². The monoisotopic (exact) mass is 327 g/mol. The number of hydrogen-bond donors (Lipinski definition) is 1. The van der Waals surface area contributed by atoms with Gasteiger partial charge in [-0.05, 0) is 49.8 Å². The van der Waals surface area contributed by atoms with Crippen molar-refractivity contribution in [1.82, 2.24) is 9.55 Å². The molecule has 1 fully saturated rings. The van der Waals surface area contributed by atoms with Crippen molar-refractivity contribution < 1.29 is 5.11 Å². The van der Waals surface area contributed by atoms with E-state index in [0.717, 1.165) is 56.3 Å². The summed E-state index contributed by atoms with van der Waals surface area (Å²) in [7, 11) is 2.08. The van der Waals surface area contributed by atoms with Gasteiger partial charge in [-0.1, -0.05) is 12.8 Å². The molecular weight excluding hydrogens is 302 g/mol. The Morgan fingerprint density at radius 1 is 1.25 bits per heavy atom. The molecule has 5 nitrogen and oxygen atoms in total. The van der Waals surface area contributed by atoms with Crippen LogP contribution in [0.25, 0.3) is 10.9 Å². The molecular formula is C19H25N3O2. The number of aliphatic hydroxyl groups excluding tert-OH is 1. The molecule has 2 aliphatic rings. The van der Waals surface area contributed by atoms with Gasteiger partial charge in [-0.3, -0.25) is 9.36 Å². The highest BCUT2D eigenvalue weighted by atomic mass is 16.3. The summed E-state index contributed by atoms with van der Waals surface area (Å²) in [4.78, 5) is 20.0. The highest BCUT2D eigenvalue weighted by molar-refractivity contribution is 5.93. The molecule has 1 N–H and O–H groups in total. The van der Waals surface area contributed by atoms with Gasteiger partial charge >= 0.3 is 0 Å². The van der Waals surface area contributed by atoms with Crippen molar-refractivity contribution in [3.8, 4) is 0 Å². The molecule has 2 heterocycles. The lowest BCUT2D eigenvalue weighted by Gasteiger charge is -2.31. The number of aryl methyl sites for hydroxylation is 1. The number of nitrogens with zero attached hydrogens (tertiary/aromatic N) is 3. The molecule has 24 heavy (non-hydrogen) atoms. The zero-order chi connectivity index (χ0) is 16.8. The van der Waals surface area contributed by atoms with Crippen molar-refractivity contribution in [3.63, 3.8) is 0 Å². The topological polar surface area (TPSA) is 58.4 Å². The van der Waals surface area contributed by atoms with Crippen molar-refractivity contribution in [1.29, 1.82) is 0 Å². The van der Waals surface area contributed by atoms with Crippen LogP contribution in [0.15, 0.2) is 17.2 Å². The molecule has 1 aromatic carbocycles. The first kappa shape index (κ1) is 15.6.